The lowest BCUT2D eigenvalue weighted by Gasteiger charge is -2.41. The van der Waals surface area contributed by atoms with Crippen LogP contribution < -0.4 is 0 Å². The highest BCUT2D eigenvalue weighted by Gasteiger charge is 2.63. The van der Waals surface area contributed by atoms with Crippen LogP contribution in [0, 0.1) is 17.3 Å². The molecule has 0 aromatic rings. The average molecular weight is 338 g/mol. The van der Waals surface area contributed by atoms with Crippen LogP contribution in [0.4, 0.5) is 0 Å². The monoisotopic (exact) mass is 338 g/mol. The molecule has 0 amide bonds. The Labute approximate surface area is 145 Å². The molecule has 0 radical (unpaired) electrons. The van der Waals surface area contributed by atoms with Gasteiger partial charge >= 0.3 is 0 Å². The van der Waals surface area contributed by atoms with Crippen LogP contribution >= 0.6 is 0 Å². The number of hydrogen-bond donors (Lipinski definition) is 2. The molecule has 0 aromatic heterocycles. The summed E-state index contributed by atoms with van der Waals surface area (Å²) < 4.78 is 12.1. The first-order valence-electron chi connectivity index (χ1n) is 9.73. The molecule has 0 aromatic carbocycles. The minimum absolute atomic E-state index is 0.0114. The van der Waals surface area contributed by atoms with Crippen molar-refractivity contribution in [2.24, 2.45) is 17.3 Å². The lowest BCUT2D eigenvalue weighted by atomic mass is 9.66. The van der Waals surface area contributed by atoms with Gasteiger partial charge in [0.1, 0.15) is 0 Å². The second kappa shape index (κ2) is 4.97. The molecule has 2 aliphatic carbocycles. The van der Waals surface area contributed by atoms with Crippen molar-refractivity contribution in [2.75, 3.05) is 0 Å². The summed E-state index contributed by atoms with van der Waals surface area (Å²) in [6.07, 6.45) is 5.91. The SMILES string of the molecule is CC(C)(O)[C@@H]1CC[C@]2(C)C[C@@H]3O[C@@]3(C)CC[C@@H]3O[C@@]3(C)C[C@@H](O)[C@@H]12. The molecule has 24 heavy (non-hydrogen) atoms. The summed E-state index contributed by atoms with van der Waals surface area (Å²) >= 11 is 0. The largest absolute Gasteiger partial charge is 0.393 e. The number of hydrogen-bond acceptors (Lipinski definition) is 4. The van der Waals surface area contributed by atoms with Crippen molar-refractivity contribution in [3.63, 3.8) is 0 Å². The molecule has 138 valence electrons. The van der Waals surface area contributed by atoms with Gasteiger partial charge in [-0.1, -0.05) is 6.92 Å². The molecule has 2 heterocycles. The van der Waals surface area contributed by atoms with Gasteiger partial charge in [-0.15, -0.1) is 0 Å². The van der Waals surface area contributed by atoms with Crippen molar-refractivity contribution in [1.29, 1.82) is 0 Å². The van der Waals surface area contributed by atoms with Crippen molar-refractivity contribution < 1.29 is 19.7 Å². The Morgan fingerprint density at radius 1 is 0.917 bits per heavy atom. The molecule has 4 rings (SSSR count). The molecule has 4 aliphatic rings. The van der Waals surface area contributed by atoms with Gasteiger partial charge in [0, 0.05) is 6.42 Å². The summed E-state index contributed by atoms with van der Waals surface area (Å²) in [4.78, 5) is 0. The Morgan fingerprint density at radius 3 is 2.25 bits per heavy atom. The smallest absolute Gasteiger partial charge is 0.0945 e. The van der Waals surface area contributed by atoms with E-state index in [1.165, 1.54) is 0 Å². The molecule has 4 heteroatoms. The predicted molar refractivity (Wildman–Crippen MR) is 91.6 cm³/mol. The molecule has 0 spiro atoms. The number of aliphatic hydroxyl groups is 2. The maximum absolute atomic E-state index is 11.2. The number of aliphatic hydroxyl groups excluding tert-OH is 1. The van der Waals surface area contributed by atoms with Gasteiger partial charge in [0.2, 0.25) is 0 Å². The number of rotatable bonds is 1. The van der Waals surface area contributed by atoms with Gasteiger partial charge in [0.05, 0.1) is 35.1 Å². The molecule has 0 unspecified atom stereocenters. The first-order chi connectivity index (χ1) is 11.0. The molecule has 8 atom stereocenters. The molecule has 2 aliphatic heterocycles. The van der Waals surface area contributed by atoms with E-state index in [0.717, 1.165) is 32.1 Å². The standard InChI is InChI=1S/C20H34O4/c1-17(2,22)12-6-8-18(3)11-15-19(4,24-15)9-7-14-20(5,23-14)10-13(21)16(12)18/h12-16,21-22H,6-11H2,1-5H3/t12-,13-,14+,15+,16-,18-,19+,20+/m1/s1. The van der Waals surface area contributed by atoms with E-state index in [-0.39, 0.29) is 34.6 Å². The van der Waals surface area contributed by atoms with E-state index in [1.54, 1.807) is 0 Å². The Bertz CT molecular complexity index is 528. The molecule has 2 N–H and O–H groups in total. The normalized spacial score (nSPS) is 57.4. The zero-order chi connectivity index (χ0) is 17.5. The van der Waals surface area contributed by atoms with Crippen LogP contribution in [-0.4, -0.2) is 45.3 Å². The average Bonchev–Trinajstić information content (AvgIpc) is 3.20. The summed E-state index contributed by atoms with van der Waals surface area (Å²) in [5.74, 6) is 0.231. The third-order valence-corrected chi connectivity index (χ3v) is 7.83. The minimum atomic E-state index is -0.762. The second-order valence-electron chi connectivity index (χ2n) is 10.3. The zero-order valence-corrected chi connectivity index (χ0v) is 15.8. The van der Waals surface area contributed by atoms with Gasteiger partial charge in [-0.2, -0.15) is 0 Å². The number of ether oxygens (including phenoxy) is 2. The highest BCUT2D eigenvalue weighted by molar-refractivity contribution is 5.12. The Balaban J connectivity index is 1.66. The molecule has 2 saturated heterocycles. The summed E-state index contributed by atoms with van der Waals surface area (Å²) in [7, 11) is 0. The molecule has 2 saturated carbocycles. The zero-order valence-electron chi connectivity index (χ0n) is 15.8. The molecule has 0 bridgehead atoms. The number of fused-ring (bicyclic) bond motifs is 3. The highest BCUT2D eigenvalue weighted by Crippen LogP contribution is 2.60. The highest BCUT2D eigenvalue weighted by atomic mass is 16.6. The maximum Gasteiger partial charge on any atom is 0.0945 e. The van der Waals surface area contributed by atoms with Crippen molar-refractivity contribution in [3.05, 3.63) is 0 Å². The van der Waals surface area contributed by atoms with Crippen molar-refractivity contribution >= 4 is 0 Å². The topological polar surface area (TPSA) is 65.5 Å². The van der Waals surface area contributed by atoms with E-state index in [2.05, 4.69) is 20.8 Å². The van der Waals surface area contributed by atoms with Crippen LogP contribution in [0.15, 0.2) is 0 Å². The molecular formula is C20H34O4. The number of epoxide rings is 2. The summed E-state index contributed by atoms with van der Waals surface area (Å²) in [6.45, 7) is 10.5. The van der Waals surface area contributed by atoms with E-state index in [9.17, 15) is 10.2 Å². The minimum Gasteiger partial charge on any atom is -0.393 e. The quantitative estimate of drug-likeness (QED) is 0.721. The van der Waals surface area contributed by atoms with Crippen LogP contribution in [0.3, 0.4) is 0 Å². The van der Waals surface area contributed by atoms with Gasteiger partial charge in [0.15, 0.2) is 0 Å². The van der Waals surface area contributed by atoms with Crippen LogP contribution in [0.25, 0.3) is 0 Å². The lowest BCUT2D eigenvalue weighted by Crippen LogP contribution is -2.45. The van der Waals surface area contributed by atoms with E-state index in [4.69, 9.17) is 9.47 Å². The fourth-order valence-electron chi connectivity index (χ4n) is 6.07. The van der Waals surface area contributed by atoms with Gasteiger partial charge < -0.3 is 19.7 Å². The Kier molecular flexibility index (Phi) is 3.57. The van der Waals surface area contributed by atoms with Crippen LogP contribution in [-0.2, 0) is 9.47 Å². The van der Waals surface area contributed by atoms with Crippen LogP contribution in [0.5, 0.6) is 0 Å². The third-order valence-electron chi connectivity index (χ3n) is 7.83. The van der Waals surface area contributed by atoms with E-state index >= 15 is 0 Å². The maximum atomic E-state index is 11.2. The Morgan fingerprint density at radius 2 is 1.58 bits per heavy atom. The molecule has 4 nitrogen and oxygen atoms in total. The van der Waals surface area contributed by atoms with Crippen LogP contribution in [0.1, 0.15) is 73.1 Å². The van der Waals surface area contributed by atoms with Crippen molar-refractivity contribution in [3.8, 4) is 0 Å². The lowest BCUT2D eigenvalue weighted by molar-refractivity contribution is -0.0689. The summed E-state index contributed by atoms with van der Waals surface area (Å²) in [5, 5.41) is 21.9. The summed E-state index contributed by atoms with van der Waals surface area (Å²) in [5.41, 5.74) is -0.944. The summed E-state index contributed by atoms with van der Waals surface area (Å²) in [6, 6.07) is 0. The Hall–Kier alpha value is -0.160. The van der Waals surface area contributed by atoms with Gasteiger partial charge in [-0.25, -0.2) is 0 Å². The van der Waals surface area contributed by atoms with E-state index < -0.39 is 11.7 Å². The van der Waals surface area contributed by atoms with Crippen LogP contribution in [0.2, 0.25) is 0 Å². The van der Waals surface area contributed by atoms with Gasteiger partial charge in [-0.05, 0) is 77.0 Å². The van der Waals surface area contributed by atoms with Crippen molar-refractivity contribution in [1.82, 2.24) is 0 Å². The molecular weight excluding hydrogens is 304 g/mol. The first-order valence-corrected chi connectivity index (χ1v) is 9.73. The van der Waals surface area contributed by atoms with E-state index in [0.29, 0.717) is 12.5 Å². The molecule has 4 fully saturated rings. The van der Waals surface area contributed by atoms with E-state index in [1.807, 2.05) is 13.8 Å². The van der Waals surface area contributed by atoms with Crippen molar-refractivity contribution in [2.45, 2.75) is 108 Å². The fraction of sp³-hybridized carbons (Fsp3) is 1.00. The fourth-order valence-corrected chi connectivity index (χ4v) is 6.07. The first kappa shape index (κ1) is 17.3. The third kappa shape index (κ3) is 2.65. The predicted octanol–water partition coefficient (Wildman–Crippen LogP) is 3.04. The van der Waals surface area contributed by atoms with Gasteiger partial charge in [0.25, 0.3) is 0 Å². The van der Waals surface area contributed by atoms with Gasteiger partial charge in [-0.3, -0.25) is 0 Å². The second-order valence-corrected chi connectivity index (χ2v) is 10.3.